The molecule has 4 nitrogen and oxygen atoms in total. The van der Waals surface area contributed by atoms with E-state index < -0.39 is 0 Å². The van der Waals surface area contributed by atoms with Crippen LogP contribution in [0.2, 0.25) is 0 Å². The van der Waals surface area contributed by atoms with Crippen LogP contribution in [0.25, 0.3) is 0 Å². The lowest BCUT2D eigenvalue weighted by Crippen LogP contribution is -2.42. The van der Waals surface area contributed by atoms with Crippen molar-refractivity contribution in [3.05, 3.63) is 74.1 Å². The molecule has 0 spiro atoms. The fourth-order valence-corrected chi connectivity index (χ4v) is 5.40. The molecule has 0 saturated heterocycles. The van der Waals surface area contributed by atoms with Crippen LogP contribution in [0.1, 0.15) is 40.3 Å². The first-order valence-electron chi connectivity index (χ1n) is 9.72. The van der Waals surface area contributed by atoms with E-state index in [0.717, 1.165) is 18.4 Å². The molecule has 1 aromatic carbocycles. The topological polar surface area (TPSA) is 46.6 Å². The predicted molar refractivity (Wildman–Crippen MR) is 117 cm³/mol. The summed E-state index contributed by atoms with van der Waals surface area (Å²) in [7, 11) is 0. The lowest BCUT2D eigenvalue weighted by atomic mass is 9.98. The molecule has 0 radical (unpaired) electrons. The number of fused-ring (bicyclic) bond motifs is 1. The summed E-state index contributed by atoms with van der Waals surface area (Å²) in [5.74, 6) is 0.860. The van der Waals surface area contributed by atoms with Gasteiger partial charge in [0.05, 0.1) is 6.04 Å². The second-order valence-electron chi connectivity index (χ2n) is 7.19. The standard InChI is InChI=1S/C23H23NO3S2/c1-16(25)4-5-17-6-8-18(9-7-17)27-15-22(26)24-12-10-20-19(11-14-29-20)23(24)21-3-2-13-28-21/h2-3,6-9,11,13-14,23H,4-5,10,12,15H2,1H3. The quantitative estimate of drug-likeness (QED) is 0.542. The number of carbonyl (C=O) groups excluding carboxylic acids is 2. The maximum atomic E-state index is 13.0. The van der Waals surface area contributed by atoms with Crippen molar-refractivity contribution in [2.24, 2.45) is 0 Å². The number of hydrogen-bond donors (Lipinski definition) is 0. The van der Waals surface area contributed by atoms with Crippen molar-refractivity contribution in [3.8, 4) is 5.75 Å². The van der Waals surface area contributed by atoms with Crippen molar-refractivity contribution in [1.29, 1.82) is 0 Å². The predicted octanol–water partition coefficient (Wildman–Crippen LogP) is 4.88. The molecule has 1 aliphatic heterocycles. The number of carbonyl (C=O) groups is 2. The minimum atomic E-state index is -0.0185. The molecule has 6 heteroatoms. The number of thiophene rings is 2. The van der Waals surface area contributed by atoms with Crippen LogP contribution in [0.5, 0.6) is 5.75 Å². The Morgan fingerprint density at radius 3 is 2.66 bits per heavy atom. The summed E-state index contributed by atoms with van der Waals surface area (Å²) in [5, 5.41) is 4.17. The molecular formula is C23H23NO3S2. The maximum absolute atomic E-state index is 13.0. The first-order valence-corrected chi connectivity index (χ1v) is 11.5. The highest BCUT2D eigenvalue weighted by molar-refractivity contribution is 7.10. The molecule has 1 aliphatic rings. The van der Waals surface area contributed by atoms with Gasteiger partial charge < -0.3 is 14.4 Å². The summed E-state index contributed by atoms with van der Waals surface area (Å²) >= 11 is 3.46. The van der Waals surface area contributed by atoms with Crippen LogP contribution in [0.4, 0.5) is 0 Å². The van der Waals surface area contributed by atoms with Crippen LogP contribution in [0.3, 0.4) is 0 Å². The van der Waals surface area contributed by atoms with E-state index in [1.165, 1.54) is 15.3 Å². The Bertz CT molecular complexity index is 976. The zero-order valence-electron chi connectivity index (χ0n) is 16.3. The maximum Gasteiger partial charge on any atom is 0.261 e. The smallest absolute Gasteiger partial charge is 0.261 e. The summed E-state index contributed by atoms with van der Waals surface area (Å²) in [6, 6.07) is 13.9. The molecule has 0 N–H and O–H groups in total. The average Bonchev–Trinajstić information content (AvgIpc) is 3.42. The number of benzene rings is 1. The summed E-state index contributed by atoms with van der Waals surface area (Å²) in [6.07, 6.45) is 2.17. The van der Waals surface area contributed by atoms with Gasteiger partial charge in [0.15, 0.2) is 6.61 Å². The lowest BCUT2D eigenvalue weighted by Gasteiger charge is -2.35. The van der Waals surface area contributed by atoms with E-state index in [-0.39, 0.29) is 24.3 Å². The molecule has 0 aliphatic carbocycles. The number of rotatable bonds is 7. The van der Waals surface area contributed by atoms with E-state index in [0.29, 0.717) is 18.7 Å². The minimum absolute atomic E-state index is 0.000839. The molecular weight excluding hydrogens is 402 g/mol. The molecule has 150 valence electrons. The van der Waals surface area contributed by atoms with Crippen molar-refractivity contribution in [3.63, 3.8) is 0 Å². The Labute approximate surface area is 178 Å². The van der Waals surface area contributed by atoms with Gasteiger partial charge in [0.25, 0.3) is 5.91 Å². The average molecular weight is 426 g/mol. The first kappa shape index (κ1) is 19.9. The Morgan fingerprint density at radius 1 is 1.10 bits per heavy atom. The molecule has 2 aromatic heterocycles. The zero-order chi connectivity index (χ0) is 20.2. The van der Waals surface area contributed by atoms with Crippen molar-refractivity contribution in [2.75, 3.05) is 13.2 Å². The van der Waals surface area contributed by atoms with Crippen molar-refractivity contribution in [2.45, 2.75) is 32.2 Å². The van der Waals surface area contributed by atoms with Gasteiger partial charge in [-0.15, -0.1) is 22.7 Å². The van der Waals surface area contributed by atoms with Crippen LogP contribution in [-0.2, 0) is 22.4 Å². The number of nitrogens with zero attached hydrogens (tertiary/aromatic N) is 1. The van der Waals surface area contributed by atoms with E-state index >= 15 is 0 Å². The minimum Gasteiger partial charge on any atom is -0.484 e. The number of ether oxygens (including phenoxy) is 1. The van der Waals surface area contributed by atoms with Gasteiger partial charge in [0.2, 0.25) is 0 Å². The highest BCUT2D eigenvalue weighted by atomic mass is 32.1. The number of Topliss-reactive ketones (excluding diaryl/α,β-unsaturated/α-hetero) is 1. The van der Waals surface area contributed by atoms with Crippen LogP contribution in [-0.4, -0.2) is 29.7 Å². The van der Waals surface area contributed by atoms with E-state index in [1.54, 1.807) is 29.6 Å². The SMILES string of the molecule is CC(=O)CCc1ccc(OCC(=O)N2CCc3sccc3C2c2cccs2)cc1. The van der Waals surface area contributed by atoms with E-state index in [2.05, 4.69) is 22.9 Å². The Hall–Kier alpha value is -2.44. The molecule has 1 amide bonds. The van der Waals surface area contributed by atoms with Crippen LogP contribution >= 0.6 is 22.7 Å². The Morgan fingerprint density at radius 2 is 1.93 bits per heavy atom. The highest BCUT2D eigenvalue weighted by Crippen LogP contribution is 2.39. The first-order chi connectivity index (χ1) is 14.1. The number of hydrogen-bond acceptors (Lipinski definition) is 5. The Kier molecular flexibility index (Phi) is 6.11. The second-order valence-corrected chi connectivity index (χ2v) is 9.17. The van der Waals surface area contributed by atoms with Crippen molar-refractivity contribution in [1.82, 2.24) is 4.90 Å². The van der Waals surface area contributed by atoms with E-state index in [9.17, 15) is 9.59 Å². The van der Waals surface area contributed by atoms with Crippen LogP contribution in [0.15, 0.2) is 53.2 Å². The number of ketones is 1. The lowest BCUT2D eigenvalue weighted by molar-refractivity contribution is -0.135. The molecule has 0 bridgehead atoms. The summed E-state index contributed by atoms with van der Waals surface area (Å²) in [6.45, 7) is 2.34. The fourth-order valence-electron chi connectivity index (χ4n) is 3.64. The molecule has 3 heterocycles. The van der Waals surface area contributed by atoms with Gasteiger partial charge in [0, 0.05) is 22.7 Å². The molecule has 0 saturated carbocycles. The van der Waals surface area contributed by atoms with Gasteiger partial charge >= 0.3 is 0 Å². The molecule has 1 atom stereocenters. The van der Waals surface area contributed by atoms with Gasteiger partial charge in [-0.05, 0) is 65.9 Å². The van der Waals surface area contributed by atoms with Gasteiger partial charge in [-0.25, -0.2) is 0 Å². The van der Waals surface area contributed by atoms with Gasteiger partial charge in [0.1, 0.15) is 11.5 Å². The van der Waals surface area contributed by atoms with Gasteiger partial charge in [-0.3, -0.25) is 4.79 Å². The largest absolute Gasteiger partial charge is 0.484 e. The molecule has 0 fully saturated rings. The van der Waals surface area contributed by atoms with Gasteiger partial charge in [-0.2, -0.15) is 0 Å². The number of amides is 1. The fraction of sp³-hybridized carbons (Fsp3) is 0.304. The molecule has 3 aromatic rings. The molecule has 4 rings (SSSR count). The molecule has 1 unspecified atom stereocenters. The Balaban J connectivity index is 1.42. The summed E-state index contributed by atoms with van der Waals surface area (Å²) < 4.78 is 5.78. The highest BCUT2D eigenvalue weighted by Gasteiger charge is 2.33. The van der Waals surface area contributed by atoms with E-state index in [4.69, 9.17) is 4.74 Å². The summed E-state index contributed by atoms with van der Waals surface area (Å²) in [5.41, 5.74) is 2.34. The third-order valence-corrected chi connectivity index (χ3v) is 7.07. The van der Waals surface area contributed by atoms with E-state index in [1.807, 2.05) is 35.2 Å². The molecule has 29 heavy (non-hydrogen) atoms. The second kappa shape index (κ2) is 8.93. The van der Waals surface area contributed by atoms with Gasteiger partial charge in [-0.1, -0.05) is 18.2 Å². The van der Waals surface area contributed by atoms with Crippen LogP contribution < -0.4 is 4.74 Å². The monoisotopic (exact) mass is 425 g/mol. The summed E-state index contributed by atoms with van der Waals surface area (Å²) in [4.78, 5) is 28.6. The third-order valence-electron chi connectivity index (χ3n) is 5.15. The normalized spacial score (nSPS) is 15.8. The zero-order valence-corrected chi connectivity index (χ0v) is 17.9. The third kappa shape index (κ3) is 4.60. The van der Waals surface area contributed by atoms with Crippen molar-refractivity contribution >= 4 is 34.4 Å². The number of aryl methyl sites for hydroxylation is 1. The van der Waals surface area contributed by atoms with Crippen LogP contribution in [0, 0.1) is 0 Å². The van der Waals surface area contributed by atoms with Crippen molar-refractivity contribution < 1.29 is 14.3 Å².